The Morgan fingerprint density at radius 3 is 2.05 bits per heavy atom. The fourth-order valence-corrected chi connectivity index (χ4v) is 1.83. The molecule has 0 fully saturated rings. The molecule has 0 spiro atoms. The number of rotatable bonds is 7. The zero-order chi connectivity index (χ0) is 15.3. The van der Waals surface area contributed by atoms with Crippen LogP contribution in [0.2, 0.25) is 0 Å². The highest BCUT2D eigenvalue weighted by Crippen LogP contribution is 2.36. The molecule has 0 rings (SSSR count). The van der Waals surface area contributed by atoms with Gasteiger partial charge in [-0.25, -0.2) is 17.6 Å². The molecular formula is C10H13F7OS. The molecule has 0 heterocycles. The summed E-state index contributed by atoms with van der Waals surface area (Å²) < 4.78 is 86.8. The van der Waals surface area contributed by atoms with E-state index in [1.165, 1.54) is 6.92 Å². The molecule has 2 unspecified atom stereocenters. The van der Waals surface area contributed by atoms with Crippen LogP contribution >= 0.6 is 11.8 Å². The fourth-order valence-electron chi connectivity index (χ4n) is 1.07. The molecule has 0 bridgehead atoms. The Morgan fingerprint density at radius 2 is 1.63 bits per heavy atom. The van der Waals surface area contributed by atoms with Crippen LogP contribution in [-0.2, 0) is 4.79 Å². The lowest BCUT2D eigenvalue weighted by molar-refractivity contribution is -0.206. The third-order valence-electron chi connectivity index (χ3n) is 2.19. The minimum absolute atomic E-state index is 0.138. The van der Waals surface area contributed by atoms with Crippen LogP contribution in [0, 0.1) is 0 Å². The molecule has 0 radical (unpaired) electrons. The quantitative estimate of drug-likeness (QED) is 0.651. The van der Waals surface area contributed by atoms with Crippen molar-refractivity contribution in [2.75, 3.05) is 5.75 Å². The first-order valence-electron chi connectivity index (χ1n) is 5.39. The van der Waals surface area contributed by atoms with Crippen LogP contribution in [0.5, 0.6) is 0 Å². The first-order valence-corrected chi connectivity index (χ1v) is 6.37. The average molecular weight is 314 g/mol. The van der Waals surface area contributed by atoms with Gasteiger partial charge in [-0.05, 0) is 6.42 Å². The summed E-state index contributed by atoms with van der Waals surface area (Å²) in [5.74, 6) is -4.70. The number of hydrogen-bond donors (Lipinski definition) is 0. The summed E-state index contributed by atoms with van der Waals surface area (Å²) in [6, 6.07) is 0. The Bertz CT molecular complexity index is 292. The average Bonchev–Trinajstić information content (AvgIpc) is 2.26. The molecule has 0 saturated heterocycles. The molecule has 0 aliphatic carbocycles. The number of halogens is 7. The molecule has 0 saturated carbocycles. The lowest BCUT2D eigenvalue weighted by Crippen LogP contribution is -2.38. The van der Waals surface area contributed by atoms with Crippen molar-refractivity contribution < 1.29 is 35.5 Å². The number of carbonyl (C=O) groups excluding carboxylic acids is 1. The summed E-state index contributed by atoms with van der Waals surface area (Å²) in [5, 5.41) is -0.339. The van der Waals surface area contributed by atoms with Crippen LogP contribution in [0.15, 0.2) is 0 Å². The van der Waals surface area contributed by atoms with Gasteiger partial charge >= 0.3 is 6.18 Å². The lowest BCUT2D eigenvalue weighted by atomic mass is 10.1. The second-order valence-electron chi connectivity index (χ2n) is 3.80. The van der Waals surface area contributed by atoms with E-state index in [-0.39, 0.29) is 17.3 Å². The monoisotopic (exact) mass is 314 g/mol. The van der Waals surface area contributed by atoms with Gasteiger partial charge in [-0.1, -0.05) is 18.7 Å². The maximum absolute atomic E-state index is 13.1. The van der Waals surface area contributed by atoms with Crippen molar-refractivity contribution in [1.29, 1.82) is 0 Å². The van der Waals surface area contributed by atoms with E-state index < -0.39 is 37.3 Å². The highest BCUT2D eigenvalue weighted by molar-refractivity contribution is 8.13. The van der Waals surface area contributed by atoms with Gasteiger partial charge in [0.2, 0.25) is 6.17 Å². The third kappa shape index (κ3) is 7.03. The van der Waals surface area contributed by atoms with E-state index >= 15 is 0 Å². The van der Waals surface area contributed by atoms with Crippen LogP contribution in [0.1, 0.15) is 26.2 Å². The SMILES string of the molecule is CCC(=O)SCCC(F)C(F)(F)CC(F)C(F)(F)F. The minimum atomic E-state index is -5.43. The summed E-state index contributed by atoms with van der Waals surface area (Å²) in [6.07, 6.45) is -15.0. The molecule has 1 nitrogen and oxygen atoms in total. The molecule has 9 heteroatoms. The zero-order valence-corrected chi connectivity index (χ0v) is 10.8. The maximum atomic E-state index is 13.1. The number of alkyl halides is 7. The van der Waals surface area contributed by atoms with Gasteiger partial charge in [0.1, 0.15) is 0 Å². The standard InChI is InChI=1S/C10H13F7OS/c1-2-8(18)19-4-3-6(11)9(13,14)5-7(12)10(15,16)17/h6-7H,2-5H2,1H3. The Hall–Kier alpha value is -0.470. The summed E-state index contributed by atoms with van der Waals surface area (Å²) in [4.78, 5) is 10.8. The van der Waals surface area contributed by atoms with Crippen molar-refractivity contribution in [2.45, 2.75) is 50.6 Å². The zero-order valence-electron chi connectivity index (χ0n) is 9.95. The maximum Gasteiger partial charge on any atom is 0.419 e. The number of hydrogen-bond acceptors (Lipinski definition) is 2. The first kappa shape index (κ1) is 18.5. The minimum Gasteiger partial charge on any atom is -0.287 e. The molecule has 0 aromatic carbocycles. The highest BCUT2D eigenvalue weighted by Gasteiger charge is 2.50. The first-order chi connectivity index (χ1) is 8.50. The van der Waals surface area contributed by atoms with E-state index in [0.717, 1.165) is 0 Å². The van der Waals surface area contributed by atoms with Crippen molar-refractivity contribution in [2.24, 2.45) is 0 Å². The normalized spacial score (nSPS) is 16.2. The lowest BCUT2D eigenvalue weighted by Gasteiger charge is -2.23. The van der Waals surface area contributed by atoms with Gasteiger partial charge in [0, 0.05) is 12.2 Å². The van der Waals surface area contributed by atoms with Crippen molar-refractivity contribution in [1.82, 2.24) is 0 Å². The van der Waals surface area contributed by atoms with Gasteiger partial charge in [0.15, 0.2) is 11.3 Å². The summed E-state index contributed by atoms with van der Waals surface area (Å²) in [5.41, 5.74) is 0. The molecule has 0 aromatic heterocycles. The van der Waals surface area contributed by atoms with E-state index in [4.69, 9.17) is 0 Å². The Labute approximate surface area is 109 Å². The highest BCUT2D eigenvalue weighted by atomic mass is 32.2. The number of carbonyl (C=O) groups is 1. The van der Waals surface area contributed by atoms with E-state index in [1.807, 2.05) is 0 Å². The second kappa shape index (κ2) is 7.35. The summed E-state index contributed by atoms with van der Waals surface area (Å²) in [7, 11) is 0. The summed E-state index contributed by atoms with van der Waals surface area (Å²) in [6.45, 7) is 1.52. The Balaban J connectivity index is 4.28. The van der Waals surface area contributed by atoms with Crippen LogP contribution in [0.3, 0.4) is 0 Å². The van der Waals surface area contributed by atoms with E-state index in [2.05, 4.69) is 0 Å². The molecule has 0 aliphatic rings. The van der Waals surface area contributed by atoms with Crippen molar-refractivity contribution in [3.05, 3.63) is 0 Å². The van der Waals surface area contributed by atoms with Gasteiger partial charge in [-0.15, -0.1) is 0 Å². The molecule has 2 atom stereocenters. The van der Waals surface area contributed by atoms with E-state index in [1.54, 1.807) is 0 Å². The molecule has 0 aromatic rings. The van der Waals surface area contributed by atoms with Gasteiger partial charge < -0.3 is 0 Å². The molecular weight excluding hydrogens is 301 g/mol. The largest absolute Gasteiger partial charge is 0.419 e. The summed E-state index contributed by atoms with van der Waals surface area (Å²) >= 11 is 0.617. The smallest absolute Gasteiger partial charge is 0.287 e. The fraction of sp³-hybridized carbons (Fsp3) is 0.900. The van der Waals surface area contributed by atoms with Crippen molar-refractivity contribution >= 4 is 16.9 Å². The molecule has 0 aliphatic heterocycles. The third-order valence-corrected chi connectivity index (χ3v) is 3.24. The van der Waals surface area contributed by atoms with Gasteiger partial charge in [0.25, 0.3) is 5.92 Å². The number of thioether (sulfide) groups is 1. The van der Waals surface area contributed by atoms with E-state index in [0.29, 0.717) is 11.8 Å². The predicted octanol–water partition coefficient (Wildman–Crippen LogP) is 4.31. The second-order valence-corrected chi connectivity index (χ2v) is 4.96. The van der Waals surface area contributed by atoms with Crippen molar-refractivity contribution in [3.8, 4) is 0 Å². The molecule has 114 valence electrons. The van der Waals surface area contributed by atoms with Crippen LogP contribution in [-0.4, -0.2) is 35.3 Å². The van der Waals surface area contributed by atoms with E-state index in [9.17, 15) is 35.5 Å². The molecule has 0 amide bonds. The van der Waals surface area contributed by atoms with Gasteiger partial charge in [0.05, 0.1) is 6.42 Å². The van der Waals surface area contributed by atoms with Crippen LogP contribution < -0.4 is 0 Å². The molecule has 0 N–H and O–H groups in total. The Kier molecular flexibility index (Phi) is 7.17. The van der Waals surface area contributed by atoms with Crippen molar-refractivity contribution in [3.63, 3.8) is 0 Å². The molecule has 19 heavy (non-hydrogen) atoms. The van der Waals surface area contributed by atoms with Gasteiger partial charge in [-0.2, -0.15) is 13.2 Å². The predicted molar refractivity (Wildman–Crippen MR) is 57.8 cm³/mol. The van der Waals surface area contributed by atoms with Gasteiger partial charge in [-0.3, -0.25) is 4.79 Å². The van der Waals surface area contributed by atoms with Crippen LogP contribution in [0.25, 0.3) is 0 Å². The van der Waals surface area contributed by atoms with Crippen LogP contribution in [0.4, 0.5) is 30.7 Å². The Morgan fingerprint density at radius 1 is 1.11 bits per heavy atom. The topological polar surface area (TPSA) is 17.1 Å².